The van der Waals surface area contributed by atoms with Crippen LogP contribution < -0.4 is 10.2 Å². The SMILES string of the molecule is CC(Nc1nccc(N2C(=O)N(C)C(C)[C@@H]2C(C)C)n1)c1cn(-c2ccc(Cl)cc2)cn1. The van der Waals surface area contributed by atoms with Gasteiger partial charge in [-0.2, -0.15) is 4.98 Å². The lowest BCUT2D eigenvalue weighted by atomic mass is 9.97. The second-order valence-corrected chi connectivity index (χ2v) is 8.96. The van der Waals surface area contributed by atoms with Crippen molar-refractivity contribution < 1.29 is 4.79 Å². The van der Waals surface area contributed by atoms with E-state index in [2.05, 4.69) is 41.0 Å². The Kier molecular flexibility index (Phi) is 6.06. The fourth-order valence-corrected chi connectivity index (χ4v) is 4.28. The van der Waals surface area contributed by atoms with Crippen molar-refractivity contribution in [1.29, 1.82) is 0 Å². The molecule has 1 saturated heterocycles. The second-order valence-electron chi connectivity index (χ2n) is 8.53. The Morgan fingerprint density at radius 3 is 2.50 bits per heavy atom. The minimum atomic E-state index is -0.129. The molecule has 4 rings (SSSR count). The number of likely N-dealkylation sites (N-methyl/N-ethyl adjacent to an activating group) is 1. The lowest BCUT2D eigenvalue weighted by molar-refractivity contribution is 0.219. The molecule has 9 heteroatoms. The van der Waals surface area contributed by atoms with Crippen molar-refractivity contribution in [3.05, 3.63) is 59.8 Å². The summed E-state index contributed by atoms with van der Waals surface area (Å²) in [7, 11) is 1.84. The quantitative estimate of drug-likeness (QED) is 0.581. The molecule has 0 spiro atoms. The van der Waals surface area contributed by atoms with Gasteiger partial charge in [0, 0.05) is 30.2 Å². The Labute approximate surface area is 193 Å². The highest BCUT2D eigenvalue weighted by atomic mass is 35.5. The number of nitrogens with one attached hydrogen (secondary N) is 1. The summed E-state index contributed by atoms with van der Waals surface area (Å²) in [6.45, 7) is 8.32. The Bertz CT molecular complexity index is 1100. The molecule has 1 fully saturated rings. The number of nitrogens with zero attached hydrogens (tertiary/aromatic N) is 6. The Morgan fingerprint density at radius 2 is 1.81 bits per heavy atom. The molecule has 1 aromatic carbocycles. The summed E-state index contributed by atoms with van der Waals surface area (Å²) in [5.74, 6) is 1.34. The van der Waals surface area contributed by atoms with Gasteiger partial charge in [0.05, 0.1) is 30.1 Å². The first-order valence-corrected chi connectivity index (χ1v) is 11.1. The summed E-state index contributed by atoms with van der Waals surface area (Å²) < 4.78 is 1.94. The number of urea groups is 1. The number of rotatable bonds is 6. The molecule has 1 aliphatic heterocycles. The summed E-state index contributed by atoms with van der Waals surface area (Å²) in [5.41, 5.74) is 1.82. The number of hydrogen-bond acceptors (Lipinski definition) is 5. The first-order valence-electron chi connectivity index (χ1n) is 10.7. The number of carbonyl (C=O) groups excluding carboxylic acids is 1. The molecule has 168 valence electrons. The van der Waals surface area contributed by atoms with Crippen LogP contribution in [0.25, 0.3) is 5.69 Å². The summed E-state index contributed by atoms with van der Waals surface area (Å²) >= 11 is 5.98. The number of halogens is 1. The minimum absolute atomic E-state index is 0.0442. The van der Waals surface area contributed by atoms with Gasteiger partial charge in [0.25, 0.3) is 0 Å². The molecule has 2 aromatic heterocycles. The van der Waals surface area contributed by atoms with Crippen molar-refractivity contribution in [3.8, 4) is 5.69 Å². The molecule has 3 aromatic rings. The van der Waals surface area contributed by atoms with E-state index < -0.39 is 0 Å². The third-order valence-electron chi connectivity index (χ3n) is 6.00. The number of imidazole rings is 1. The van der Waals surface area contributed by atoms with Gasteiger partial charge >= 0.3 is 6.03 Å². The highest BCUT2D eigenvalue weighted by Gasteiger charge is 2.44. The monoisotopic (exact) mass is 453 g/mol. The van der Waals surface area contributed by atoms with Crippen LogP contribution in [0.5, 0.6) is 0 Å². The highest BCUT2D eigenvalue weighted by molar-refractivity contribution is 6.30. The van der Waals surface area contributed by atoms with Crippen molar-refractivity contribution in [3.63, 3.8) is 0 Å². The molecule has 0 bridgehead atoms. The van der Waals surface area contributed by atoms with E-state index in [4.69, 9.17) is 11.6 Å². The molecular formula is C23H28ClN7O. The zero-order valence-electron chi connectivity index (χ0n) is 18.9. The van der Waals surface area contributed by atoms with Crippen molar-refractivity contribution in [2.24, 2.45) is 5.92 Å². The molecule has 2 amide bonds. The summed E-state index contributed by atoms with van der Waals surface area (Å²) in [6, 6.07) is 9.33. The van der Waals surface area contributed by atoms with Crippen molar-refractivity contribution in [1.82, 2.24) is 24.4 Å². The zero-order valence-corrected chi connectivity index (χ0v) is 19.7. The van der Waals surface area contributed by atoms with Gasteiger partial charge in [-0.3, -0.25) is 4.90 Å². The molecule has 1 N–H and O–H groups in total. The van der Waals surface area contributed by atoms with Crippen LogP contribution in [0, 0.1) is 5.92 Å². The van der Waals surface area contributed by atoms with Crippen molar-refractivity contribution in [2.45, 2.75) is 45.8 Å². The van der Waals surface area contributed by atoms with E-state index in [0.29, 0.717) is 22.7 Å². The van der Waals surface area contributed by atoms with Crippen LogP contribution in [0.1, 0.15) is 39.4 Å². The van der Waals surface area contributed by atoms with Gasteiger partial charge in [-0.1, -0.05) is 25.4 Å². The zero-order chi connectivity index (χ0) is 23.0. The Balaban J connectivity index is 1.53. The van der Waals surface area contributed by atoms with E-state index in [-0.39, 0.29) is 24.2 Å². The van der Waals surface area contributed by atoms with Crippen LogP contribution in [-0.4, -0.2) is 49.6 Å². The van der Waals surface area contributed by atoms with Gasteiger partial charge in [-0.05, 0) is 50.1 Å². The average molecular weight is 454 g/mol. The summed E-state index contributed by atoms with van der Waals surface area (Å²) in [5, 5.41) is 4.00. The molecule has 0 saturated carbocycles. The van der Waals surface area contributed by atoms with E-state index in [9.17, 15) is 4.79 Å². The fraction of sp³-hybridized carbons (Fsp3) is 0.391. The van der Waals surface area contributed by atoms with Crippen LogP contribution in [0.4, 0.5) is 16.6 Å². The number of carbonyl (C=O) groups is 1. The van der Waals surface area contributed by atoms with E-state index in [1.807, 2.05) is 49.0 Å². The molecule has 32 heavy (non-hydrogen) atoms. The van der Waals surface area contributed by atoms with Crippen LogP contribution >= 0.6 is 11.6 Å². The molecule has 8 nitrogen and oxygen atoms in total. The third kappa shape index (κ3) is 4.14. The predicted octanol–water partition coefficient (Wildman–Crippen LogP) is 4.77. The Morgan fingerprint density at radius 1 is 1.09 bits per heavy atom. The first-order chi connectivity index (χ1) is 15.3. The van der Waals surface area contributed by atoms with Crippen LogP contribution in [0.3, 0.4) is 0 Å². The van der Waals surface area contributed by atoms with E-state index in [1.165, 1.54) is 0 Å². The van der Waals surface area contributed by atoms with Crippen molar-refractivity contribution in [2.75, 3.05) is 17.3 Å². The molecular weight excluding hydrogens is 426 g/mol. The predicted molar refractivity (Wildman–Crippen MR) is 126 cm³/mol. The standard InChI is InChI=1S/C23H28ClN7O/c1-14(2)21-16(4)29(5)23(32)31(21)20-10-11-25-22(28-20)27-15(3)19-12-30(13-26-19)18-8-6-17(24)7-9-18/h6-16,21H,1-5H3,(H,25,27,28)/t15?,16?,21-/m0/s1. The summed E-state index contributed by atoms with van der Waals surface area (Å²) in [6.07, 6.45) is 5.40. The topological polar surface area (TPSA) is 79.2 Å². The molecule has 0 aliphatic carbocycles. The van der Waals surface area contributed by atoms with E-state index >= 15 is 0 Å². The summed E-state index contributed by atoms with van der Waals surface area (Å²) in [4.78, 5) is 30.0. The normalized spacial score (nSPS) is 19.7. The number of aromatic nitrogens is 4. The lowest BCUT2D eigenvalue weighted by Crippen LogP contribution is -2.40. The second kappa shape index (κ2) is 8.78. The smallest absolute Gasteiger partial charge is 0.326 e. The maximum Gasteiger partial charge on any atom is 0.326 e. The number of amides is 2. The fourth-order valence-electron chi connectivity index (χ4n) is 4.16. The van der Waals surface area contributed by atoms with Crippen molar-refractivity contribution >= 4 is 29.4 Å². The van der Waals surface area contributed by atoms with E-state index in [0.717, 1.165) is 11.4 Å². The number of hydrogen-bond donors (Lipinski definition) is 1. The molecule has 2 unspecified atom stereocenters. The molecule has 0 radical (unpaired) electrons. The Hall–Kier alpha value is -3.13. The molecule has 3 heterocycles. The first kappa shape index (κ1) is 22.1. The van der Waals surface area contributed by atoms with Gasteiger partial charge < -0.3 is 14.8 Å². The number of benzene rings is 1. The van der Waals surface area contributed by atoms with Gasteiger partial charge in [-0.25, -0.2) is 14.8 Å². The van der Waals surface area contributed by atoms with Gasteiger partial charge in [-0.15, -0.1) is 0 Å². The maximum atomic E-state index is 12.9. The van der Waals surface area contributed by atoms with Gasteiger partial charge in [0.2, 0.25) is 5.95 Å². The van der Waals surface area contributed by atoms with Crippen LogP contribution in [-0.2, 0) is 0 Å². The largest absolute Gasteiger partial charge is 0.346 e. The number of anilines is 2. The van der Waals surface area contributed by atoms with Gasteiger partial charge in [0.1, 0.15) is 5.82 Å². The van der Waals surface area contributed by atoms with Gasteiger partial charge in [0.15, 0.2) is 0 Å². The lowest BCUT2D eigenvalue weighted by Gasteiger charge is -2.28. The van der Waals surface area contributed by atoms with Crippen LogP contribution in [0.15, 0.2) is 49.1 Å². The minimum Gasteiger partial charge on any atom is -0.346 e. The van der Waals surface area contributed by atoms with Crippen LogP contribution in [0.2, 0.25) is 5.02 Å². The molecule has 3 atom stereocenters. The molecule has 1 aliphatic rings. The maximum absolute atomic E-state index is 12.9. The average Bonchev–Trinajstić information content (AvgIpc) is 3.34. The highest BCUT2D eigenvalue weighted by Crippen LogP contribution is 2.31. The van der Waals surface area contributed by atoms with E-state index in [1.54, 1.807) is 28.4 Å². The third-order valence-corrected chi connectivity index (χ3v) is 6.25.